The van der Waals surface area contributed by atoms with Crippen molar-refractivity contribution in [2.75, 3.05) is 19.4 Å². The summed E-state index contributed by atoms with van der Waals surface area (Å²) in [5.74, 6) is 0. The molecule has 3 atom stereocenters. The standard InChI is InChI=1S/C17H34NO4P/c1-4-7-9-13-23(20,22-6-3)16-11-10-15(14-16)18-17(19)21-12-8-5-2/h15-16H,4-14H2,1-3H3,(H,18,19)/t15-,16+,23?/m0/s1. The van der Waals surface area contributed by atoms with E-state index in [9.17, 15) is 9.36 Å². The quantitative estimate of drug-likeness (QED) is 0.425. The Labute approximate surface area is 141 Å². The molecule has 0 radical (unpaired) electrons. The van der Waals surface area contributed by atoms with E-state index in [1.54, 1.807) is 0 Å². The summed E-state index contributed by atoms with van der Waals surface area (Å²) in [5, 5.41) is 2.91. The van der Waals surface area contributed by atoms with Gasteiger partial charge in [0, 0.05) is 17.9 Å². The second kappa shape index (κ2) is 11.1. The van der Waals surface area contributed by atoms with Crippen molar-refractivity contribution in [3.8, 4) is 0 Å². The van der Waals surface area contributed by atoms with Gasteiger partial charge in [0.15, 0.2) is 0 Å². The molecule has 1 rings (SSSR count). The van der Waals surface area contributed by atoms with Gasteiger partial charge in [0.2, 0.25) is 7.37 Å². The second-order valence-corrected chi connectivity index (χ2v) is 9.26. The van der Waals surface area contributed by atoms with Crippen LogP contribution in [0.4, 0.5) is 4.79 Å². The van der Waals surface area contributed by atoms with Crippen molar-refractivity contribution in [3.05, 3.63) is 0 Å². The molecule has 0 saturated heterocycles. The third-order valence-electron chi connectivity index (χ3n) is 4.44. The maximum absolute atomic E-state index is 13.2. The minimum Gasteiger partial charge on any atom is -0.450 e. The minimum atomic E-state index is -2.60. The first-order chi connectivity index (χ1) is 11.1. The third-order valence-corrected chi connectivity index (χ3v) is 7.65. The van der Waals surface area contributed by atoms with Crippen LogP contribution in [0.5, 0.6) is 0 Å². The Kier molecular flexibility index (Phi) is 9.89. The molecule has 0 heterocycles. The van der Waals surface area contributed by atoms with Crippen LogP contribution in [0.1, 0.15) is 72.1 Å². The number of hydrogen-bond acceptors (Lipinski definition) is 4. The highest BCUT2D eigenvalue weighted by Crippen LogP contribution is 2.57. The van der Waals surface area contributed by atoms with E-state index in [-0.39, 0.29) is 17.8 Å². The van der Waals surface area contributed by atoms with Crippen molar-refractivity contribution in [1.82, 2.24) is 5.32 Å². The number of carbonyl (C=O) groups excluding carboxylic acids is 1. The maximum atomic E-state index is 13.2. The molecular formula is C17H34NO4P. The summed E-state index contributed by atoms with van der Waals surface area (Å²) in [6.45, 7) is 7.07. The summed E-state index contributed by atoms with van der Waals surface area (Å²) >= 11 is 0. The first-order valence-corrected chi connectivity index (χ1v) is 11.1. The van der Waals surface area contributed by atoms with E-state index in [4.69, 9.17) is 9.26 Å². The highest BCUT2D eigenvalue weighted by molar-refractivity contribution is 7.59. The first kappa shape index (κ1) is 20.5. The second-order valence-electron chi connectivity index (χ2n) is 6.37. The largest absolute Gasteiger partial charge is 0.450 e. The lowest BCUT2D eigenvalue weighted by Crippen LogP contribution is -2.34. The molecule has 0 spiro atoms. The molecule has 0 aromatic carbocycles. The Morgan fingerprint density at radius 3 is 2.52 bits per heavy atom. The summed E-state index contributed by atoms with van der Waals surface area (Å²) in [7, 11) is -2.60. The molecule has 6 heteroatoms. The zero-order valence-electron chi connectivity index (χ0n) is 15.0. The van der Waals surface area contributed by atoms with Gasteiger partial charge in [-0.05, 0) is 39.0 Å². The van der Waals surface area contributed by atoms with Crippen LogP contribution in [0.2, 0.25) is 0 Å². The third kappa shape index (κ3) is 7.26. The number of nitrogens with one attached hydrogen (secondary N) is 1. The SMILES string of the molecule is CCCCCP(=O)(OCC)[C@@H]1CC[C@H](NC(=O)OCCCC)C1. The molecule has 1 N–H and O–H groups in total. The van der Waals surface area contributed by atoms with E-state index in [2.05, 4.69) is 19.2 Å². The van der Waals surface area contributed by atoms with Crippen LogP contribution >= 0.6 is 7.37 Å². The summed E-state index contributed by atoms with van der Waals surface area (Å²) in [5.41, 5.74) is 0.0836. The highest BCUT2D eigenvalue weighted by atomic mass is 31.2. The molecule has 1 unspecified atom stereocenters. The Hall–Kier alpha value is -0.540. The predicted molar refractivity (Wildman–Crippen MR) is 94.4 cm³/mol. The molecule has 0 bridgehead atoms. The lowest BCUT2D eigenvalue weighted by atomic mass is 10.3. The van der Waals surface area contributed by atoms with Crippen molar-refractivity contribution >= 4 is 13.5 Å². The fourth-order valence-electron chi connectivity index (χ4n) is 3.12. The molecular weight excluding hydrogens is 313 g/mol. The molecule has 1 aliphatic rings. The number of amides is 1. The van der Waals surface area contributed by atoms with E-state index in [1.807, 2.05) is 6.92 Å². The normalized spacial score (nSPS) is 23.4. The number of alkyl carbamates (subject to hydrolysis) is 1. The van der Waals surface area contributed by atoms with Gasteiger partial charge in [-0.25, -0.2) is 4.79 Å². The van der Waals surface area contributed by atoms with Crippen LogP contribution in [-0.4, -0.2) is 37.2 Å². The zero-order chi connectivity index (χ0) is 17.1. The Morgan fingerprint density at radius 1 is 1.13 bits per heavy atom. The molecule has 1 saturated carbocycles. The predicted octanol–water partition coefficient (Wildman–Crippen LogP) is 4.94. The average molecular weight is 347 g/mol. The van der Waals surface area contributed by atoms with E-state index in [1.165, 1.54) is 0 Å². The van der Waals surface area contributed by atoms with Crippen molar-refractivity contribution in [2.24, 2.45) is 0 Å². The van der Waals surface area contributed by atoms with E-state index in [0.29, 0.717) is 19.4 Å². The van der Waals surface area contributed by atoms with Crippen LogP contribution in [0.25, 0.3) is 0 Å². The number of ether oxygens (including phenoxy) is 1. The summed E-state index contributed by atoms with van der Waals surface area (Å²) in [6, 6.07) is 0.0640. The Morgan fingerprint density at radius 2 is 1.87 bits per heavy atom. The van der Waals surface area contributed by atoms with Gasteiger partial charge in [0.05, 0.1) is 13.2 Å². The van der Waals surface area contributed by atoms with Gasteiger partial charge in [0.1, 0.15) is 0 Å². The van der Waals surface area contributed by atoms with Gasteiger partial charge in [-0.1, -0.05) is 33.1 Å². The molecule has 0 aliphatic heterocycles. The molecule has 0 aromatic heterocycles. The average Bonchev–Trinajstić information content (AvgIpc) is 2.97. The Bertz CT molecular complexity index is 389. The molecule has 0 aromatic rings. The van der Waals surface area contributed by atoms with Crippen LogP contribution in [0.3, 0.4) is 0 Å². The summed E-state index contributed by atoms with van der Waals surface area (Å²) < 4.78 is 24.0. The fourth-order valence-corrected chi connectivity index (χ4v) is 6.04. The maximum Gasteiger partial charge on any atom is 0.407 e. The molecule has 23 heavy (non-hydrogen) atoms. The van der Waals surface area contributed by atoms with Crippen molar-refractivity contribution in [2.45, 2.75) is 83.8 Å². The number of carbonyl (C=O) groups is 1. The summed E-state index contributed by atoms with van der Waals surface area (Å²) in [4.78, 5) is 11.7. The lowest BCUT2D eigenvalue weighted by molar-refractivity contribution is 0.140. The monoisotopic (exact) mass is 347 g/mol. The Balaban J connectivity index is 2.45. The van der Waals surface area contributed by atoms with Gasteiger partial charge in [0.25, 0.3) is 0 Å². The fraction of sp³-hybridized carbons (Fsp3) is 0.941. The van der Waals surface area contributed by atoms with Crippen LogP contribution in [0, 0.1) is 0 Å². The zero-order valence-corrected chi connectivity index (χ0v) is 15.9. The minimum absolute atomic E-state index is 0.0640. The van der Waals surface area contributed by atoms with E-state index in [0.717, 1.165) is 51.4 Å². The first-order valence-electron chi connectivity index (χ1n) is 9.22. The van der Waals surface area contributed by atoms with E-state index >= 15 is 0 Å². The molecule has 1 aliphatic carbocycles. The number of hydrogen-bond donors (Lipinski definition) is 1. The molecule has 1 amide bonds. The van der Waals surface area contributed by atoms with E-state index < -0.39 is 7.37 Å². The van der Waals surface area contributed by atoms with Gasteiger partial charge < -0.3 is 14.6 Å². The molecule has 5 nitrogen and oxygen atoms in total. The van der Waals surface area contributed by atoms with Gasteiger partial charge >= 0.3 is 6.09 Å². The van der Waals surface area contributed by atoms with Crippen molar-refractivity contribution in [1.29, 1.82) is 0 Å². The summed E-state index contributed by atoms with van der Waals surface area (Å²) in [6.07, 6.45) is 7.86. The molecule has 1 fully saturated rings. The lowest BCUT2D eigenvalue weighted by Gasteiger charge is -2.24. The van der Waals surface area contributed by atoms with Gasteiger partial charge in [-0.3, -0.25) is 4.57 Å². The highest BCUT2D eigenvalue weighted by Gasteiger charge is 2.39. The van der Waals surface area contributed by atoms with Crippen molar-refractivity contribution < 1.29 is 18.6 Å². The van der Waals surface area contributed by atoms with Gasteiger partial charge in [-0.15, -0.1) is 0 Å². The number of rotatable bonds is 11. The van der Waals surface area contributed by atoms with Gasteiger partial charge in [-0.2, -0.15) is 0 Å². The smallest absolute Gasteiger partial charge is 0.407 e. The molecule has 136 valence electrons. The van der Waals surface area contributed by atoms with Crippen molar-refractivity contribution in [3.63, 3.8) is 0 Å². The van der Waals surface area contributed by atoms with Crippen LogP contribution < -0.4 is 5.32 Å². The number of unbranched alkanes of at least 4 members (excludes halogenated alkanes) is 3. The van der Waals surface area contributed by atoms with Crippen LogP contribution in [0.15, 0.2) is 0 Å². The van der Waals surface area contributed by atoms with Crippen LogP contribution in [-0.2, 0) is 13.8 Å². The topological polar surface area (TPSA) is 64.6 Å².